The van der Waals surface area contributed by atoms with Crippen molar-refractivity contribution in [1.82, 2.24) is 20.2 Å². The van der Waals surface area contributed by atoms with E-state index in [1.54, 1.807) is 19.2 Å². The lowest BCUT2D eigenvalue weighted by molar-refractivity contribution is 0.464. The highest BCUT2D eigenvalue weighted by Crippen LogP contribution is 2.16. The van der Waals surface area contributed by atoms with Crippen LogP contribution >= 0.6 is 24.0 Å². The number of rotatable bonds is 6. The highest BCUT2D eigenvalue weighted by molar-refractivity contribution is 14.0. The molecule has 3 rings (SSSR count). The summed E-state index contributed by atoms with van der Waals surface area (Å²) in [7, 11) is 3.68. The number of imidazole rings is 1. The zero-order valence-electron chi connectivity index (χ0n) is 16.0. The van der Waals surface area contributed by atoms with Crippen LogP contribution in [0.25, 0.3) is 11.3 Å². The first-order chi connectivity index (χ1) is 13.2. The molecule has 0 saturated heterocycles. The number of nitrogens with zero attached hydrogens (tertiary/aromatic N) is 3. The lowest BCUT2D eigenvalue weighted by Gasteiger charge is -2.21. The largest absolute Gasteiger partial charge is 0.356 e. The van der Waals surface area contributed by atoms with E-state index in [9.17, 15) is 4.39 Å². The van der Waals surface area contributed by atoms with Crippen molar-refractivity contribution in [2.45, 2.75) is 13.0 Å². The molecular weight excluding hydrogens is 468 g/mol. The monoisotopic (exact) mass is 493 g/mol. The molecule has 148 valence electrons. The maximum atomic E-state index is 13.7. The van der Waals surface area contributed by atoms with Gasteiger partial charge in [0.1, 0.15) is 11.6 Å². The SMILES string of the molecule is CN=C(NCCc1ccccc1F)N(C)Cc1ncc(-c2ccccc2)[nH]1.I. The Kier molecular flexibility index (Phi) is 8.43. The number of hydrogen-bond donors (Lipinski definition) is 2. The first-order valence-corrected chi connectivity index (χ1v) is 8.92. The number of H-pyrrole nitrogens is 1. The van der Waals surface area contributed by atoms with Crippen molar-refractivity contribution in [2.24, 2.45) is 4.99 Å². The van der Waals surface area contributed by atoms with Crippen LogP contribution in [0.2, 0.25) is 0 Å². The number of aromatic nitrogens is 2. The van der Waals surface area contributed by atoms with E-state index in [1.807, 2.05) is 54.5 Å². The summed E-state index contributed by atoms with van der Waals surface area (Å²) in [5.74, 6) is 1.42. The van der Waals surface area contributed by atoms with Crippen LogP contribution in [0.5, 0.6) is 0 Å². The highest BCUT2D eigenvalue weighted by Gasteiger charge is 2.10. The standard InChI is InChI=1S/C21H24FN5.HI/c1-23-21(24-13-12-16-8-6-7-11-18(16)22)27(2)15-20-25-14-19(26-20)17-9-4-3-5-10-17;/h3-11,14H,12-13,15H2,1-2H3,(H,23,24)(H,25,26);1H. The number of hydrogen-bond acceptors (Lipinski definition) is 2. The first-order valence-electron chi connectivity index (χ1n) is 8.92. The minimum absolute atomic E-state index is 0. The molecule has 0 spiro atoms. The van der Waals surface area contributed by atoms with Crippen molar-refractivity contribution >= 4 is 29.9 Å². The van der Waals surface area contributed by atoms with Crippen molar-refractivity contribution in [3.05, 3.63) is 78.0 Å². The molecule has 0 amide bonds. The van der Waals surface area contributed by atoms with Gasteiger partial charge in [-0.1, -0.05) is 48.5 Å². The Hall–Kier alpha value is -2.42. The van der Waals surface area contributed by atoms with E-state index in [-0.39, 0.29) is 29.8 Å². The Morgan fingerprint density at radius 1 is 1.14 bits per heavy atom. The van der Waals surface area contributed by atoms with Crippen molar-refractivity contribution in [1.29, 1.82) is 0 Å². The predicted molar refractivity (Wildman–Crippen MR) is 122 cm³/mol. The number of halogens is 2. The summed E-state index contributed by atoms with van der Waals surface area (Å²) in [5.41, 5.74) is 2.79. The van der Waals surface area contributed by atoms with Crippen molar-refractivity contribution in [3.8, 4) is 11.3 Å². The van der Waals surface area contributed by atoms with Gasteiger partial charge in [0.2, 0.25) is 0 Å². The van der Waals surface area contributed by atoms with Gasteiger partial charge in [-0.25, -0.2) is 9.37 Å². The lowest BCUT2D eigenvalue weighted by atomic mass is 10.1. The molecule has 0 aliphatic carbocycles. The first kappa shape index (κ1) is 21.9. The minimum atomic E-state index is -0.174. The maximum absolute atomic E-state index is 13.7. The van der Waals surface area contributed by atoms with E-state index >= 15 is 0 Å². The van der Waals surface area contributed by atoms with Gasteiger partial charge in [0.25, 0.3) is 0 Å². The lowest BCUT2D eigenvalue weighted by Crippen LogP contribution is -2.39. The van der Waals surface area contributed by atoms with Crippen molar-refractivity contribution < 1.29 is 4.39 Å². The summed E-state index contributed by atoms with van der Waals surface area (Å²) >= 11 is 0. The van der Waals surface area contributed by atoms with Crippen LogP contribution in [0.1, 0.15) is 11.4 Å². The van der Waals surface area contributed by atoms with E-state index in [2.05, 4.69) is 20.3 Å². The van der Waals surface area contributed by atoms with Gasteiger partial charge < -0.3 is 15.2 Å². The summed E-state index contributed by atoms with van der Waals surface area (Å²) in [4.78, 5) is 14.1. The van der Waals surface area contributed by atoms with Crippen LogP contribution in [-0.2, 0) is 13.0 Å². The topological polar surface area (TPSA) is 56.3 Å². The molecule has 5 nitrogen and oxygen atoms in total. The van der Waals surface area contributed by atoms with Gasteiger partial charge in [0, 0.05) is 20.6 Å². The van der Waals surface area contributed by atoms with E-state index in [1.165, 1.54) is 6.07 Å². The summed E-state index contributed by atoms with van der Waals surface area (Å²) in [6.07, 6.45) is 2.44. The minimum Gasteiger partial charge on any atom is -0.356 e. The molecule has 7 heteroatoms. The molecule has 3 aromatic rings. The fourth-order valence-corrected chi connectivity index (χ4v) is 2.90. The predicted octanol–water partition coefficient (Wildman–Crippen LogP) is 4.08. The molecule has 0 bridgehead atoms. The van der Waals surface area contributed by atoms with Crippen LogP contribution in [0.3, 0.4) is 0 Å². The van der Waals surface area contributed by atoms with E-state index in [0.29, 0.717) is 25.1 Å². The van der Waals surface area contributed by atoms with E-state index < -0.39 is 0 Å². The van der Waals surface area contributed by atoms with Gasteiger partial charge in [-0.15, -0.1) is 24.0 Å². The Bertz CT molecular complexity index is 895. The molecule has 0 aliphatic rings. The molecule has 0 unspecified atom stereocenters. The van der Waals surface area contributed by atoms with E-state index in [0.717, 1.165) is 23.0 Å². The molecule has 2 N–H and O–H groups in total. The Labute approximate surface area is 182 Å². The number of aromatic amines is 1. The maximum Gasteiger partial charge on any atom is 0.193 e. The second kappa shape index (κ2) is 10.8. The van der Waals surface area contributed by atoms with Crippen molar-refractivity contribution in [3.63, 3.8) is 0 Å². The molecular formula is C21H25FIN5. The van der Waals surface area contributed by atoms with Gasteiger partial charge >= 0.3 is 0 Å². The third-order valence-corrected chi connectivity index (χ3v) is 4.31. The average molecular weight is 493 g/mol. The number of guanidine groups is 1. The molecule has 0 fully saturated rings. The van der Waals surface area contributed by atoms with Crippen LogP contribution < -0.4 is 5.32 Å². The van der Waals surface area contributed by atoms with Gasteiger partial charge in [-0.05, 0) is 23.6 Å². The second-order valence-corrected chi connectivity index (χ2v) is 6.28. The van der Waals surface area contributed by atoms with Crippen molar-refractivity contribution in [2.75, 3.05) is 20.6 Å². The zero-order valence-corrected chi connectivity index (χ0v) is 18.4. The van der Waals surface area contributed by atoms with Crippen LogP contribution in [0.4, 0.5) is 4.39 Å². The van der Waals surface area contributed by atoms with Crippen LogP contribution in [0, 0.1) is 5.82 Å². The summed E-state index contributed by atoms with van der Waals surface area (Å²) in [6.45, 7) is 1.19. The molecule has 0 atom stereocenters. The van der Waals surface area contributed by atoms with Gasteiger partial charge in [-0.3, -0.25) is 4.99 Å². The third-order valence-electron chi connectivity index (χ3n) is 4.31. The Morgan fingerprint density at radius 3 is 2.57 bits per heavy atom. The second-order valence-electron chi connectivity index (χ2n) is 6.28. The zero-order chi connectivity index (χ0) is 19.1. The molecule has 2 aromatic carbocycles. The Morgan fingerprint density at radius 2 is 1.86 bits per heavy atom. The number of benzene rings is 2. The van der Waals surface area contributed by atoms with E-state index in [4.69, 9.17) is 0 Å². The van der Waals surface area contributed by atoms with Crippen LogP contribution in [-0.4, -0.2) is 41.5 Å². The molecule has 0 saturated carbocycles. The summed E-state index contributed by atoms with van der Waals surface area (Å²) < 4.78 is 13.7. The summed E-state index contributed by atoms with van der Waals surface area (Å²) in [5, 5.41) is 3.27. The molecule has 1 aromatic heterocycles. The van der Waals surface area contributed by atoms with Gasteiger partial charge in [0.15, 0.2) is 5.96 Å². The third kappa shape index (κ3) is 5.79. The number of aliphatic imine (C=N–C) groups is 1. The van der Waals surface area contributed by atoms with Gasteiger partial charge in [0.05, 0.1) is 18.4 Å². The Balaban J connectivity index is 0.00000280. The van der Waals surface area contributed by atoms with Gasteiger partial charge in [-0.2, -0.15) is 0 Å². The highest BCUT2D eigenvalue weighted by atomic mass is 127. The average Bonchev–Trinajstić information content (AvgIpc) is 3.15. The summed E-state index contributed by atoms with van der Waals surface area (Å²) in [6, 6.07) is 16.9. The number of nitrogens with one attached hydrogen (secondary N) is 2. The fraction of sp³-hybridized carbons (Fsp3) is 0.238. The quantitative estimate of drug-likeness (QED) is 0.309. The molecule has 1 heterocycles. The fourth-order valence-electron chi connectivity index (χ4n) is 2.90. The normalized spacial score (nSPS) is 11.0. The molecule has 0 aliphatic heterocycles. The molecule has 28 heavy (non-hydrogen) atoms. The smallest absolute Gasteiger partial charge is 0.193 e. The van der Waals surface area contributed by atoms with Crippen LogP contribution in [0.15, 0.2) is 65.8 Å². The molecule has 0 radical (unpaired) electrons.